The van der Waals surface area contributed by atoms with Crippen LogP contribution >= 0.6 is 11.8 Å². The Morgan fingerprint density at radius 2 is 1.62 bits per heavy atom. The number of carboxylic acid groups (broad SMARTS) is 1. The number of esters is 1. The Balaban J connectivity index is 1.24. The number of nitrogens with zero attached hydrogens (tertiary/aromatic N) is 2. The zero-order valence-corrected chi connectivity index (χ0v) is 31.0. The van der Waals surface area contributed by atoms with Crippen LogP contribution in [-0.2, 0) is 40.1 Å². The highest BCUT2D eigenvalue weighted by Crippen LogP contribution is 2.50. The highest BCUT2D eigenvalue weighted by Gasteiger charge is 2.64. The molecule has 3 N–H and O–H groups in total. The molecule has 56 heavy (non-hydrogen) atoms. The Labute approximate surface area is 321 Å². The molecule has 2 aliphatic heterocycles. The first-order chi connectivity index (χ1) is 26.7. The minimum absolute atomic E-state index is 0.232. The number of ether oxygens (including phenoxy) is 3. The Morgan fingerprint density at radius 1 is 0.946 bits per heavy atom. The Hall–Kier alpha value is -6.43. The molecule has 2 aliphatic rings. The fraction of sp³-hybridized carbons (Fsp3) is 0.316. The van der Waals surface area contributed by atoms with Crippen LogP contribution in [0.3, 0.4) is 0 Å². The van der Waals surface area contributed by atoms with Crippen LogP contribution in [0.15, 0.2) is 92.9 Å². The molecule has 17 nitrogen and oxygen atoms in total. The van der Waals surface area contributed by atoms with Crippen molar-refractivity contribution >= 4 is 58.5 Å². The summed E-state index contributed by atoms with van der Waals surface area (Å²) >= 11 is 1.24. The van der Waals surface area contributed by atoms with Crippen molar-refractivity contribution in [1.29, 1.82) is 0 Å². The summed E-state index contributed by atoms with van der Waals surface area (Å²) in [5.74, 6) is -5.92. The maximum atomic E-state index is 13.8. The first-order valence-corrected chi connectivity index (χ1v) is 18.1. The van der Waals surface area contributed by atoms with Gasteiger partial charge < -0.3 is 39.3 Å². The van der Waals surface area contributed by atoms with Crippen molar-refractivity contribution in [2.45, 2.75) is 67.6 Å². The molecular weight excluding hydrogens is 752 g/mol. The van der Waals surface area contributed by atoms with E-state index in [0.717, 1.165) is 7.11 Å². The molecule has 0 saturated carbocycles. The van der Waals surface area contributed by atoms with Gasteiger partial charge in [-0.2, -0.15) is 0 Å². The van der Waals surface area contributed by atoms with Crippen molar-refractivity contribution in [3.05, 3.63) is 111 Å². The molecule has 18 heteroatoms. The van der Waals surface area contributed by atoms with Crippen molar-refractivity contribution in [3.8, 4) is 5.75 Å². The molecule has 3 amide bonds. The number of aromatic nitrogens is 1. The van der Waals surface area contributed by atoms with Gasteiger partial charge in [0.2, 0.25) is 17.7 Å². The number of para-hydroxylation sites is 1. The molecule has 0 radical (unpaired) electrons. The molecule has 5 atom stereocenters. The maximum Gasteiger partial charge on any atom is 0.513 e. The molecule has 3 aromatic carbocycles. The summed E-state index contributed by atoms with van der Waals surface area (Å²) in [6.07, 6.45) is -2.13. The first-order valence-electron chi connectivity index (χ1n) is 17.2. The van der Waals surface area contributed by atoms with Gasteiger partial charge in [-0.15, -0.1) is 11.8 Å². The van der Waals surface area contributed by atoms with Crippen molar-refractivity contribution in [2.24, 2.45) is 0 Å². The zero-order valence-electron chi connectivity index (χ0n) is 30.2. The van der Waals surface area contributed by atoms with Crippen LogP contribution in [0, 0.1) is 0 Å². The maximum absolute atomic E-state index is 13.8. The predicted octanol–water partition coefficient (Wildman–Crippen LogP) is 2.65. The van der Waals surface area contributed by atoms with Gasteiger partial charge in [-0.3, -0.25) is 19.2 Å². The topological polar surface area (TPSA) is 230 Å². The molecule has 292 valence electrons. The molecule has 1 aromatic heterocycles. The number of thioether (sulfide) groups is 1. The molecule has 4 aromatic rings. The molecule has 0 bridgehead atoms. The highest BCUT2D eigenvalue weighted by atomic mass is 32.2. The number of carboxylic acids is 1. The van der Waals surface area contributed by atoms with E-state index in [1.807, 2.05) is 0 Å². The molecule has 0 aliphatic carbocycles. The third kappa shape index (κ3) is 7.86. The van der Waals surface area contributed by atoms with Crippen LogP contribution in [0.2, 0.25) is 0 Å². The summed E-state index contributed by atoms with van der Waals surface area (Å²) in [4.78, 5) is 106. The van der Waals surface area contributed by atoms with Gasteiger partial charge in [0.05, 0.1) is 12.5 Å². The van der Waals surface area contributed by atoms with E-state index >= 15 is 0 Å². The summed E-state index contributed by atoms with van der Waals surface area (Å²) in [7, 11) is 1.06. The summed E-state index contributed by atoms with van der Waals surface area (Å²) in [5, 5.41) is 14.2. The largest absolute Gasteiger partial charge is 0.513 e. The fourth-order valence-corrected chi connectivity index (χ4v) is 8.25. The van der Waals surface area contributed by atoms with E-state index in [2.05, 4.69) is 15.4 Å². The van der Waals surface area contributed by atoms with Gasteiger partial charge in [0.1, 0.15) is 36.1 Å². The third-order valence-corrected chi connectivity index (χ3v) is 10.9. The quantitative estimate of drug-likeness (QED) is 0.101. The van der Waals surface area contributed by atoms with E-state index in [1.54, 1.807) is 74.5 Å². The summed E-state index contributed by atoms with van der Waals surface area (Å²) in [6, 6.07) is 15.4. The van der Waals surface area contributed by atoms with Crippen molar-refractivity contribution in [2.75, 3.05) is 7.11 Å². The van der Waals surface area contributed by atoms with E-state index in [9.17, 15) is 43.5 Å². The second-order valence-electron chi connectivity index (χ2n) is 13.4. The third-order valence-electron chi connectivity index (χ3n) is 9.30. The number of hydrogen-bond acceptors (Lipinski definition) is 13. The van der Waals surface area contributed by atoms with Crippen LogP contribution in [0.4, 0.5) is 4.79 Å². The van der Waals surface area contributed by atoms with Gasteiger partial charge >= 0.3 is 23.9 Å². The number of aliphatic carboxylic acids is 1. The number of benzene rings is 3. The van der Waals surface area contributed by atoms with E-state index in [1.165, 1.54) is 34.9 Å². The minimum atomic E-state index is -1.70. The van der Waals surface area contributed by atoms with Gasteiger partial charge in [0.15, 0.2) is 11.3 Å². The molecular formula is C38H36N4O13S. The number of carbonyl (C=O) groups is 6. The second kappa shape index (κ2) is 16.1. The molecule has 6 rings (SSSR count). The summed E-state index contributed by atoms with van der Waals surface area (Å²) in [5.41, 5.74) is -0.448. The van der Waals surface area contributed by atoms with E-state index in [0.29, 0.717) is 15.7 Å². The second-order valence-corrected chi connectivity index (χ2v) is 15.1. The fourth-order valence-electron chi connectivity index (χ4n) is 6.63. The number of β-lactam (4-membered cyclic amide) rings is 1. The van der Waals surface area contributed by atoms with E-state index < -0.39 is 94.3 Å². The molecule has 0 spiro atoms. The van der Waals surface area contributed by atoms with Crippen LogP contribution in [0.25, 0.3) is 11.0 Å². The van der Waals surface area contributed by atoms with Crippen molar-refractivity contribution < 1.29 is 52.5 Å². The lowest BCUT2D eigenvalue weighted by Crippen LogP contribution is -2.71. The number of methoxy groups -OCH3 is 1. The number of rotatable bonds is 13. The lowest BCUT2D eigenvalue weighted by Gasteiger charge is -2.44. The smallest absolute Gasteiger partial charge is 0.480 e. The highest BCUT2D eigenvalue weighted by molar-refractivity contribution is 8.01. The van der Waals surface area contributed by atoms with Crippen molar-refractivity contribution in [3.63, 3.8) is 0 Å². The van der Waals surface area contributed by atoms with Crippen LogP contribution in [0.1, 0.15) is 49.9 Å². The Morgan fingerprint density at radius 3 is 2.29 bits per heavy atom. The van der Waals surface area contributed by atoms with Crippen LogP contribution in [0.5, 0.6) is 5.75 Å². The molecule has 2 saturated heterocycles. The molecule has 3 heterocycles. The SMILES string of the molecule is COC(=O)Oc1cccc2c(=O)n([C@@H](CCC(=O)N[C@@H](C(=O)N[C@@H]3C(=O)N4[C@@H]3SC(C)(C)[C@@H]4C(=O)O)c3ccccc3)C(=O)OCc3ccccc3)c(=O)oc12. The van der Waals surface area contributed by atoms with Gasteiger partial charge in [-0.25, -0.2) is 23.7 Å². The van der Waals surface area contributed by atoms with Gasteiger partial charge in [0.25, 0.3) is 5.56 Å². The first kappa shape index (κ1) is 39.3. The number of hydrogen-bond donors (Lipinski definition) is 3. The number of amides is 3. The lowest BCUT2D eigenvalue weighted by molar-refractivity contribution is -0.161. The monoisotopic (exact) mass is 788 g/mol. The molecule has 2 fully saturated rings. The number of fused-ring (bicyclic) bond motifs is 2. The summed E-state index contributed by atoms with van der Waals surface area (Å²) < 4.78 is 20.0. The Kier molecular flexibility index (Phi) is 11.3. The standard InChI is InChI=1S/C38H36N4O13S/c1-38(2)29(34(47)48)42-32(46)27(33(42)56-38)40-30(44)26(21-13-8-5-9-14-21)39-25(43)18-17-23(35(49)53-19-20-11-6-4-7-12-20)41-31(45)22-15-10-16-24(54-37(51)52-3)28(22)55-36(41)50/h4-16,23,26-27,29,33H,17-19H2,1-3H3,(H,39,43)(H,40,44)(H,47,48)/t23-,26+,27+,29-,33+/m0/s1. The van der Waals surface area contributed by atoms with Gasteiger partial charge in [0, 0.05) is 11.2 Å². The van der Waals surface area contributed by atoms with Crippen LogP contribution in [-0.4, -0.2) is 79.7 Å². The minimum Gasteiger partial charge on any atom is -0.480 e. The van der Waals surface area contributed by atoms with Gasteiger partial charge in [-0.05, 0) is 43.5 Å². The molecule has 0 unspecified atom stereocenters. The van der Waals surface area contributed by atoms with Crippen LogP contribution < -0.4 is 26.7 Å². The Bertz CT molecular complexity index is 2310. The lowest BCUT2D eigenvalue weighted by atomic mass is 9.95. The number of nitrogens with one attached hydrogen (secondary N) is 2. The zero-order chi connectivity index (χ0) is 40.3. The van der Waals surface area contributed by atoms with Crippen molar-refractivity contribution in [1.82, 2.24) is 20.1 Å². The normalized spacial score (nSPS) is 19.2. The van der Waals surface area contributed by atoms with E-state index in [4.69, 9.17) is 13.9 Å². The summed E-state index contributed by atoms with van der Waals surface area (Å²) in [6.45, 7) is 3.17. The number of carbonyl (C=O) groups excluding carboxylic acids is 5. The van der Waals surface area contributed by atoms with Gasteiger partial charge in [-0.1, -0.05) is 66.7 Å². The average molecular weight is 789 g/mol. The van der Waals surface area contributed by atoms with E-state index in [-0.39, 0.29) is 23.3 Å². The predicted molar refractivity (Wildman–Crippen MR) is 197 cm³/mol. The average Bonchev–Trinajstić information content (AvgIpc) is 3.44.